The molecule has 3 aromatic rings. The van der Waals surface area contributed by atoms with Crippen molar-refractivity contribution in [1.82, 2.24) is 14.8 Å². The van der Waals surface area contributed by atoms with Gasteiger partial charge in [0.05, 0.1) is 24.7 Å². The normalized spacial score (nSPS) is 18.5. The average molecular weight is 397 g/mol. The van der Waals surface area contributed by atoms with Crippen LogP contribution in [0.25, 0.3) is 11.3 Å². The summed E-state index contributed by atoms with van der Waals surface area (Å²) < 4.78 is 7.08. The van der Waals surface area contributed by atoms with Crippen LogP contribution in [0.4, 0.5) is 5.13 Å². The quantitative estimate of drug-likeness (QED) is 0.714. The van der Waals surface area contributed by atoms with Gasteiger partial charge in [-0.15, -0.1) is 11.3 Å². The van der Waals surface area contributed by atoms with Gasteiger partial charge in [0.1, 0.15) is 5.75 Å². The molecule has 1 aliphatic rings. The zero-order valence-electron chi connectivity index (χ0n) is 15.7. The van der Waals surface area contributed by atoms with E-state index in [1.807, 2.05) is 42.9 Å². The van der Waals surface area contributed by atoms with E-state index >= 15 is 0 Å². The Balaban J connectivity index is 1.46. The maximum Gasteiger partial charge on any atom is 0.273 e. The molecule has 1 N–H and O–H groups in total. The van der Waals surface area contributed by atoms with Crippen LogP contribution in [-0.4, -0.2) is 39.1 Å². The Morgan fingerprint density at radius 2 is 2.21 bits per heavy atom. The van der Waals surface area contributed by atoms with Gasteiger partial charge in [-0.1, -0.05) is 17.3 Å². The maximum atomic E-state index is 12.8. The van der Waals surface area contributed by atoms with Crippen molar-refractivity contribution in [1.29, 1.82) is 0 Å². The fourth-order valence-electron chi connectivity index (χ4n) is 2.94. The number of amides is 1. The van der Waals surface area contributed by atoms with Gasteiger partial charge in [0.15, 0.2) is 5.13 Å². The summed E-state index contributed by atoms with van der Waals surface area (Å²) in [5.74, 6) is 0.392. The van der Waals surface area contributed by atoms with Crippen LogP contribution in [0.5, 0.6) is 5.75 Å². The lowest BCUT2D eigenvalue weighted by molar-refractivity contribution is -0.135. The van der Waals surface area contributed by atoms with Crippen LogP contribution >= 0.6 is 11.3 Å². The van der Waals surface area contributed by atoms with Crippen molar-refractivity contribution in [2.24, 2.45) is 12.2 Å². The molecule has 8 nitrogen and oxygen atoms in total. The van der Waals surface area contributed by atoms with Gasteiger partial charge in [-0.2, -0.15) is 5.10 Å². The van der Waals surface area contributed by atoms with E-state index in [0.29, 0.717) is 23.0 Å². The van der Waals surface area contributed by atoms with Crippen molar-refractivity contribution in [2.75, 3.05) is 12.4 Å². The first-order chi connectivity index (χ1) is 13.5. The number of thiazole rings is 1. The number of aromatic nitrogens is 3. The average Bonchev–Trinajstić information content (AvgIpc) is 3.42. The molecule has 0 saturated carbocycles. The molecule has 0 bridgehead atoms. The molecule has 144 valence electrons. The van der Waals surface area contributed by atoms with E-state index in [2.05, 4.69) is 20.6 Å². The van der Waals surface area contributed by atoms with Crippen LogP contribution in [0.1, 0.15) is 18.9 Å². The van der Waals surface area contributed by atoms with E-state index in [-0.39, 0.29) is 5.91 Å². The van der Waals surface area contributed by atoms with Crippen LogP contribution in [0.2, 0.25) is 0 Å². The highest BCUT2D eigenvalue weighted by atomic mass is 32.1. The molecule has 0 radical (unpaired) electrons. The number of aryl methyl sites for hydroxylation is 1. The number of carbonyl (C=O) groups is 1. The van der Waals surface area contributed by atoms with Crippen LogP contribution in [0.3, 0.4) is 0 Å². The molecular weight excluding hydrogens is 378 g/mol. The first-order valence-electron chi connectivity index (χ1n) is 8.63. The molecule has 28 heavy (non-hydrogen) atoms. The molecule has 4 rings (SSSR count). The summed E-state index contributed by atoms with van der Waals surface area (Å²) in [5.41, 5.74) is 2.03. The summed E-state index contributed by atoms with van der Waals surface area (Å²) in [5, 5.41) is 13.5. The molecule has 1 amide bonds. The third kappa shape index (κ3) is 3.36. The zero-order chi connectivity index (χ0) is 19.7. The number of hydrogen-bond acceptors (Lipinski definition) is 7. The van der Waals surface area contributed by atoms with Gasteiger partial charge in [0.2, 0.25) is 5.60 Å². The van der Waals surface area contributed by atoms with E-state index in [1.54, 1.807) is 24.9 Å². The zero-order valence-corrected chi connectivity index (χ0v) is 16.5. The first-order valence-corrected chi connectivity index (χ1v) is 9.51. The minimum absolute atomic E-state index is 0.298. The minimum Gasteiger partial charge on any atom is -0.496 e. The number of rotatable bonds is 5. The second-order valence-electron chi connectivity index (χ2n) is 6.63. The molecule has 0 saturated heterocycles. The lowest BCUT2D eigenvalue weighted by Gasteiger charge is -2.19. The Labute approximate surface area is 165 Å². The highest BCUT2D eigenvalue weighted by Crippen LogP contribution is 2.32. The number of nitrogens with one attached hydrogen (secondary N) is 1. The molecule has 1 aromatic carbocycles. The van der Waals surface area contributed by atoms with Crippen molar-refractivity contribution in [3.05, 3.63) is 47.6 Å². The molecule has 2 aromatic heterocycles. The van der Waals surface area contributed by atoms with E-state index in [9.17, 15) is 4.79 Å². The van der Waals surface area contributed by atoms with Gasteiger partial charge in [0, 0.05) is 36.2 Å². The topological polar surface area (TPSA) is 90.6 Å². The third-order valence-corrected chi connectivity index (χ3v) is 5.24. The van der Waals surface area contributed by atoms with Gasteiger partial charge in [-0.3, -0.25) is 14.8 Å². The summed E-state index contributed by atoms with van der Waals surface area (Å²) in [7, 11) is 3.44. The number of hydrogen-bond donors (Lipinski definition) is 1. The van der Waals surface area contributed by atoms with E-state index in [1.165, 1.54) is 11.3 Å². The smallest absolute Gasteiger partial charge is 0.273 e. The maximum absolute atomic E-state index is 12.8. The largest absolute Gasteiger partial charge is 0.496 e. The monoisotopic (exact) mass is 397 g/mol. The summed E-state index contributed by atoms with van der Waals surface area (Å²) in [6.07, 6.45) is 3.94. The third-order valence-electron chi connectivity index (χ3n) is 4.49. The Bertz CT molecular complexity index is 1060. The van der Waals surface area contributed by atoms with Crippen LogP contribution < -0.4 is 10.1 Å². The van der Waals surface area contributed by atoms with Gasteiger partial charge in [-0.05, 0) is 19.1 Å². The molecule has 9 heteroatoms. The number of carbonyl (C=O) groups excluding carboxylic acids is 1. The standard InChI is InChI=1S/C19H19N5O3S/c1-19(8-14(23-27-19)13-6-4-5-7-16(13)26-3)17(25)22-18-21-15(11-28-18)12-9-20-24(2)10-12/h4-7,9-11H,8H2,1-3H3,(H,21,22,25)/t19-/m0/s1. The Morgan fingerprint density at radius 3 is 2.96 bits per heavy atom. The Hall–Kier alpha value is -3.20. The number of benzene rings is 1. The predicted octanol–water partition coefficient (Wildman–Crippen LogP) is 3.07. The van der Waals surface area contributed by atoms with E-state index in [0.717, 1.165) is 16.8 Å². The van der Waals surface area contributed by atoms with Crippen molar-refractivity contribution < 1.29 is 14.4 Å². The van der Waals surface area contributed by atoms with Gasteiger partial charge < -0.3 is 9.57 Å². The fraction of sp³-hybridized carbons (Fsp3) is 0.263. The number of nitrogens with zero attached hydrogens (tertiary/aromatic N) is 4. The SMILES string of the molecule is COc1ccccc1C1=NO[C@](C)(C(=O)Nc2nc(-c3cnn(C)c3)cs2)C1. The van der Waals surface area contributed by atoms with E-state index < -0.39 is 5.60 Å². The van der Waals surface area contributed by atoms with Crippen molar-refractivity contribution >= 4 is 28.1 Å². The van der Waals surface area contributed by atoms with Crippen LogP contribution in [-0.2, 0) is 16.7 Å². The Morgan fingerprint density at radius 1 is 1.39 bits per heavy atom. The lowest BCUT2D eigenvalue weighted by Crippen LogP contribution is -2.40. The second kappa shape index (κ2) is 7.08. The second-order valence-corrected chi connectivity index (χ2v) is 7.49. The van der Waals surface area contributed by atoms with E-state index in [4.69, 9.17) is 9.57 Å². The summed E-state index contributed by atoms with van der Waals surface area (Å²) >= 11 is 1.35. The van der Waals surface area contributed by atoms with Crippen LogP contribution in [0, 0.1) is 0 Å². The highest BCUT2D eigenvalue weighted by molar-refractivity contribution is 7.14. The van der Waals surface area contributed by atoms with Crippen LogP contribution in [0.15, 0.2) is 47.2 Å². The molecule has 0 fully saturated rings. The highest BCUT2D eigenvalue weighted by Gasteiger charge is 2.43. The molecule has 0 spiro atoms. The molecular formula is C19H19N5O3S. The molecule has 0 aliphatic carbocycles. The summed E-state index contributed by atoms with van der Waals surface area (Å²) in [6.45, 7) is 1.71. The number of methoxy groups -OCH3 is 1. The van der Waals surface area contributed by atoms with Gasteiger partial charge >= 0.3 is 0 Å². The summed E-state index contributed by atoms with van der Waals surface area (Å²) in [4.78, 5) is 22.8. The molecule has 1 atom stereocenters. The van der Waals surface area contributed by atoms with Crippen molar-refractivity contribution in [2.45, 2.75) is 18.9 Å². The summed E-state index contributed by atoms with van der Waals surface area (Å²) in [6, 6.07) is 7.52. The number of para-hydroxylation sites is 1. The minimum atomic E-state index is -1.11. The number of ether oxygens (including phenoxy) is 1. The molecule has 3 heterocycles. The van der Waals surface area contributed by atoms with Gasteiger partial charge in [0.25, 0.3) is 5.91 Å². The Kier molecular flexibility index (Phi) is 4.60. The number of anilines is 1. The molecule has 0 unspecified atom stereocenters. The fourth-order valence-corrected chi connectivity index (χ4v) is 3.65. The lowest BCUT2D eigenvalue weighted by atomic mass is 9.95. The van der Waals surface area contributed by atoms with Gasteiger partial charge in [-0.25, -0.2) is 4.98 Å². The first kappa shape index (κ1) is 18.2. The number of oxime groups is 1. The van der Waals surface area contributed by atoms with Crippen molar-refractivity contribution in [3.63, 3.8) is 0 Å². The predicted molar refractivity (Wildman–Crippen MR) is 107 cm³/mol. The molecule has 1 aliphatic heterocycles. The van der Waals surface area contributed by atoms with Crippen molar-refractivity contribution in [3.8, 4) is 17.0 Å².